The fourth-order valence-electron chi connectivity index (χ4n) is 4.53. The third kappa shape index (κ3) is 6.60. The summed E-state index contributed by atoms with van der Waals surface area (Å²) in [6, 6.07) is 2.61. The summed E-state index contributed by atoms with van der Waals surface area (Å²) >= 11 is 6.30. The number of rotatable bonds is 6. The Bertz CT molecular complexity index is 1180. The number of benzene rings is 1. The van der Waals surface area contributed by atoms with Gasteiger partial charge in [0.05, 0.1) is 23.7 Å². The van der Waals surface area contributed by atoms with Crippen LogP contribution >= 0.6 is 11.6 Å². The largest absolute Gasteiger partial charge is 0.480 e. The van der Waals surface area contributed by atoms with Crippen molar-refractivity contribution in [2.45, 2.75) is 51.7 Å². The van der Waals surface area contributed by atoms with Gasteiger partial charge in [-0.2, -0.15) is 0 Å². The molecule has 2 aliphatic rings. The monoisotopic (exact) mass is 551 g/mol. The molecule has 0 atom stereocenters. The van der Waals surface area contributed by atoms with Crippen molar-refractivity contribution < 1.29 is 28.3 Å². The van der Waals surface area contributed by atoms with Gasteiger partial charge < -0.3 is 24.0 Å². The van der Waals surface area contributed by atoms with E-state index < -0.39 is 33.9 Å². The quantitative estimate of drug-likeness (QED) is 0.285. The van der Waals surface area contributed by atoms with Crippen LogP contribution in [-0.2, 0) is 16.1 Å². The number of hydrogen-bond acceptors (Lipinski definition) is 9. The highest BCUT2D eigenvalue weighted by Crippen LogP contribution is 2.38. The molecule has 206 valence electrons. The summed E-state index contributed by atoms with van der Waals surface area (Å²) in [5.41, 5.74) is -0.189. The van der Waals surface area contributed by atoms with Crippen molar-refractivity contribution in [3.8, 4) is 5.75 Å². The lowest BCUT2D eigenvalue weighted by Crippen LogP contribution is -2.41. The minimum Gasteiger partial charge on any atom is -0.480 e. The molecule has 2 saturated heterocycles. The van der Waals surface area contributed by atoms with Crippen LogP contribution in [-0.4, -0.2) is 70.9 Å². The Morgan fingerprint density at radius 2 is 1.89 bits per heavy atom. The maximum Gasteiger partial charge on any atom is 0.410 e. The van der Waals surface area contributed by atoms with Crippen molar-refractivity contribution in [3.63, 3.8) is 0 Å². The number of morpholine rings is 1. The molecule has 1 aromatic heterocycles. The predicted molar refractivity (Wildman–Crippen MR) is 137 cm³/mol. The maximum absolute atomic E-state index is 15.3. The van der Waals surface area contributed by atoms with E-state index in [0.29, 0.717) is 69.2 Å². The van der Waals surface area contributed by atoms with Gasteiger partial charge in [-0.15, -0.1) is 0 Å². The third-order valence-corrected chi connectivity index (χ3v) is 6.73. The van der Waals surface area contributed by atoms with Crippen molar-refractivity contribution >= 4 is 29.2 Å². The van der Waals surface area contributed by atoms with E-state index in [4.69, 9.17) is 25.8 Å². The number of nitro benzene ring substituents is 1. The number of aromatic nitrogens is 2. The molecule has 1 aromatic carbocycles. The van der Waals surface area contributed by atoms with Crippen molar-refractivity contribution in [3.05, 3.63) is 50.7 Å². The molecule has 4 rings (SSSR count). The van der Waals surface area contributed by atoms with E-state index >= 15 is 4.39 Å². The lowest BCUT2D eigenvalue weighted by molar-refractivity contribution is -0.386. The molecule has 0 N–H and O–H groups in total. The lowest BCUT2D eigenvalue weighted by atomic mass is 9.89. The van der Waals surface area contributed by atoms with Crippen molar-refractivity contribution in [1.82, 2.24) is 14.9 Å². The molecule has 13 heteroatoms. The third-order valence-electron chi connectivity index (χ3n) is 6.40. The highest BCUT2D eigenvalue weighted by atomic mass is 35.5. The highest BCUT2D eigenvalue weighted by molar-refractivity contribution is 6.30. The normalized spacial score (nSPS) is 16.9. The first kappa shape index (κ1) is 27.8. The van der Waals surface area contributed by atoms with Gasteiger partial charge in [-0.05, 0) is 51.2 Å². The minimum absolute atomic E-state index is 0.123. The summed E-state index contributed by atoms with van der Waals surface area (Å²) in [7, 11) is 0. The van der Waals surface area contributed by atoms with Crippen LogP contribution in [0.5, 0.6) is 5.75 Å². The second kappa shape index (κ2) is 11.6. The summed E-state index contributed by atoms with van der Waals surface area (Å²) in [5, 5.41) is 12.0. The molecule has 2 aromatic rings. The van der Waals surface area contributed by atoms with E-state index in [-0.39, 0.29) is 17.7 Å². The zero-order chi connectivity index (χ0) is 27.4. The zero-order valence-corrected chi connectivity index (χ0v) is 22.4. The zero-order valence-electron chi connectivity index (χ0n) is 21.6. The fraction of sp³-hybridized carbons (Fsp3) is 0.560. The van der Waals surface area contributed by atoms with Crippen LogP contribution in [0.1, 0.15) is 50.7 Å². The van der Waals surface area contributed by atoms with E-state index in [9.17, 15) is 14.9 Å². The van der Waals surface area contributed by atoms with Gasteiger partial charge in [-0.1, -0.05) is 11.6 Å². The summed E-state index contributed by atoms with van der Waals surface area (Å²) in [6.07, 6.45) is 1.96. The molecule has 2 aliphatic heterocycles. The lowest BCUT2D eigenvalue weighted by Gasteiger charge is -2.33. The standard InChI is InChI=1S/C25H31ClFN5O6/c1-25(2,3)38-24(33)31-6-4-16(5-7-31)17-12-19(27)21(20(13-17)32(34)35)37-14-18-22(26)28-15-29-23(18)30-8-10-36-11-9-30/h12-13,15-16H,4-11,14H2,1-3H3. The number of hydrogen-bond donors (Lipinski definition) is 0. The molecule has 0 bridgehead atoms. The summed E-state index contributed by atoms with van der Waals surface area (Å²) < 4.78 is 31.7. The molecule has 0 saturated carbocycles. The van der Waals surface area contributed by atoms with Gasteiger partial charge in [0.2, 0.25) is 5.75 Å². The van der Waals surface area contributed by atoms with Crippen LogP contribution in [0, 0.1) is 15.9 Å². The smallest absolute Gasteiger partial charge is 0.410 e. The molecule has 0 radical (unpaired) electrons. The number of carbonyl (C=O) groups is 1. The topological polar surface area (TPSA) is 120 Å². The molecule has 0 spiro atoms. The molecular formula is C25H31ClFN5O6. The van der Waals surface area contributed by atoms with Crippen LogP contribution in [0.15, 0.2) is 18.5 Å². The Balaban J connectivity index is 1.50. The van der Waals surface area contributed by atoms with Crippen LogP contribution in [0.4, 0.5) is 20.7 Å². The van der Waals surface area contributed by atoms with E-state index in [2.05, 4.69) is 9.97 Å². The Morgan fingerprint density at radius 1 is 1.21 bits per heavy atom. The number of halogens is 2. The maximum atomic E-state index is 15.3. The second-order valence-electron chi connectivity index (χ2n) is 10.2. The number of ether oxygens (including phenoxy) is 3. The van der Waals surface area contributed by atoms with Crippen molar-refractivity contribution in [2.75, 3.05) is 44.3 Å². The van der Waals surface area contributed by atoms with E-state index in [1.165, 1.54) is 18.5 Å². The number of piperidine rings is 1. The van der Waals surface area contributed by atoms with Gasteiger partial charge in [-0.3, -0.25) is 10.1 Å². The van der Waals surface area contributed by atoms with Crippen molar-refractivity contribution in [1.29, 1.82) is 0 Å². The van der Waals surface area contributed by atoms with Crippen LogP contribution in [0.3, 0.4) is 0 Å². The van der Waals surface area contributed by atoms with Crippen LogP contribution < -0.4 is 9.64 Å². The first-order chi connectivity index (χ1) is 18.0. The highest BCUT2D eigenvalue weighted by Gasteiger charge is 2.31. The summed E-state index contributed by atoms with van der Waals surface area (Å²) in [4.78, 5) is 35.4. The Morgan fingerprint density at radius 3 is 2.53 bits per heavy atom. The SMILES string of the molecule is CC(C)(C)OC(=O)N1CCC(c2cc(F)c(OCc3c(Cl)ncnc3N3CCOCC3)c([N+](=O)[O-])c2)CC1. The van der Waals surface area contributed by atoms with Crippen LogP contribution in [0.2, 0.25) is 5.15 Å². The van der Waals surface area contributed by atoms with Gasteiger partial charge >= 0.3 is 11.8 Å². The number of nitrogens with zero attached hydrogens (tertiary/aromatic N) is 5. The molecule has 2 fully saturated rings. The van der Waals surface area contributed by atoms with Crippen molar-refractivity contribution in [2.24, 2.45) is 0 Å². The predicted octanol–water partition coefficient (Wildman–Crippen LogP) is 4.71. The average Bonchev–Trinajstić information content (AvgIpc) is 2.87. The molecule has 0 aliphatic carbocycles. The molecule has 1 amide bonds. The number of likely N-dealkylation sites (tertiary alicyclic amines) is 1. The first-order valence-corrected chi connectivity index (χ1v) is 12.8. The van der Waals surface area contributed by atoms with Gasteiger partial charge in [-0.25, -0.2) is 19.2 Å². The summed E-state index contributed by atoms with van der Waals surface area (Å²) in [6.45, 7) is 8.14. The van der Waals surface area contributed by atoms with Gasteiger partial charge in [0.1, 0.15) is 29.5 Å². The Hall–Kier alpha value is -3.25. The number of carbonyl (C=O) groups excluding carboxylic acids is 1. The van der Waals surface area contributed by atoms with E-state index in [1.54, 1.807) is 25.7 Å². The second-order valence-corrected chi connectivity index (χ2v) is 10.6. The summed E-state index contributed by atoms with van der Waals surface area (Å²) in [5.74, 6) is -0.951. The fourth-order valence-corrected chi connectivity index (χ4v) is 4.72. The molecule has 11 nitrogen and oxygen atoms in total. The van der Waals surface area contributed by atoms with Crippen LogP contribution in [0.25, 0.3) is 0 Å². The molecular weight excluding hydrogens is 521 g/mol. The Kier molecular flexibility index (Phi) is 8.51. The van der Waals surface area contributed by atoms with E-state index in [1.807, 2.05) is 4.90 Å². The molecule has 3 heterocycles. The first-order valence-electron chi connectivity index (χ1n) is 12.4. The molecule has 0 unspecified atom stereocenters. The minimum atomic E-state index is -0.843. The average molecular weight is 552 g/mol. The number of anilines is 1. The number of nitro groups is 1. The van der Waals surface area contributed by atoms with Gasteiger partial charge in [0.25, 0.3) is 0 Å². The molecule has 38 heavy (non-hydrogen) atoms. The Labute approximate surface area is 225 Å². The van der Waals surface area contributed by atoms with Gasteiger partial charge in [0, 0.05) is 32.2 Å². The van der Waals surface area contributed by atoms with Gasteiger partial charge in [0.15, 0.2) is 5.82 Å². The number of amides is 1. The van der Waals surface area contributed by atoms with E-state index in [0.717, 1.165) is 0 Å².